The number of nitrogens with one attached hydrogen (secondary N) is 2. The first-order valence-corrected chi connectivity index (χ1v) is 8.72. The number of amides is 2. The van der Waals surface area contributed by atoms with Crippen molar-refractivity contribution in [2.45, 2.75) is 33.7 Å². The summed E-state index contributed by atoms with van der Waals surface area (Å²) in [6.45, 7) is 7.86. The van der Waals surface area contributed by atoms with Gasteiger partial charge in [0.2, 0.25) is 11.8 Å². The minimum Gasteiger partial charge on any atom is -0.325 e. The normalized spacial score (nSPS) is 11.9. The summed E-state index contributed by atoms with van der Waals surface area (Å²) >= 11 is 0. The summed E-state index contributed by atoms with van der Waals surface area (Å²) in [5.41, 5.74) is 4.78. The Morgan fingerprint density at radius 3 is 2.23 bits per heavy atom. The molecule has 0 aliphatic rings. The fraction of sp³-hybridized carbons (Fsp3) is 0.333. The van der Waals surface area contributed by atoms with Crippen LogP contribution in [0, 0.1) is 20.8 Å². The van der Waals surface area contributed by atoms with Gasteiger partial charge in [-0.05, 0) is 63.6 Å². The van der Waals surface area contributed by atoms with Crippen molar-refractivity contribution in [3.8, 4) is 0 Å². The Morgan fingerprint density at radius 1 is 0.923 bits per heavy atom. The molecule has 0 spiro atoms. The van der Waals surface area contributed by atoms with Gasteiger partial charge in [0.25, 0.3) is 0 Å². The number of para-hydroxylation sites is 1. The van der Waals surface area contributed by atoms with Crippen LogP contribution in [-0.4, -0.2) is 36.3 Å². The van der Waals surface area contributed by atoms with Gasteiger partial charge in [-0.15, -0.1) is 0 Å². The third kappa shape index (κ3) is 4.92. The van der Waals surface area contributed by atoms with Crippen LogP contribution in [0.5, 0.6) is 0 Å². The SMILES string of the molecule is Cc1ccccc1NC(=O)C(C)N(C)CC(=O)Nc1cccc(C)c1C. The quantitative estimate of drug-likeness (QED) is 0.835. The zero-order chi connectivity index (χ0) is 19.3. The van der Waals surface area contributed by atoms with Gasteiger partial charge in [0, 0.05) is 11.4 Å². The molecule has 2 rings (SSSR count). The molecule has 2 N–H and O–H groups in total. The van der Waals surface area contributed by atoms with Crippen molar-refractivity contribution in [1.29, 1.82) is 0 Å². The van der Waals surface area contributed by atoms with Crippen LogP contribution >= 0.6 is 0 Å². The van der Waals surface area contributed by atoms with Crippen LogP contribution in [0.25, 0.3) is 0 Å². The van der Waals surface area contributed by atoms with E-state index in [9.17, 15) is 9.59 Å². The van der Waals surface area contributed by atoms with E-state index >= 15 is 0 Å². The summed E-state index contributed by atoms with van der Waals surface area (Å²) in [7, 11) is 1.77. The van der Waals surface area contributed by atoms with Gasteiger partial charge in [0.15, 0.2) is 0 Å². The standard InChI is InChI=1S/C21H27N3O2/c1-14-10-8-12-19(16(14)3)22-20(25)13-24(5)17(4)21(26)23-18-11-7-6-9-15(18)2/h6-12,17H,13H2,1-5H3,(H,22,25)(H,23,26). The van der Waals surface area contributed by atoms with E-state index in [2.05, 4.69) is 10.6 Å². The summed E-state index contributed by atoms with van der Waals surface area (Å²) in [6.07, 6.45) is 0. The number of nitrogens with zero attached hydrogens (tertiary/aromatic N) is 1. The van der Waals surface area contributed by atoms with Gasteiger partial charge in [-0.2, -0.15) is 0 Å². The second kappa shape index (κ2) is 8.63. The molecule has 1 unspecified atom stereocenters. The molecule has 5 heteroatoms. The molecule has 138 valence electrons. The topological polar surface area (TPSA) is 61.4 Å². The Hall–Kier alpha value is -2.66. The first kappa shape index (κ1) is 19.7. The number of hydrogen-bond donors (Lipinski definition) is 2. The summed E-state index contributed by atoms with van der Waals surface area (Å²) in [6, 6.07) is 13.0. The van der Waals surface area contributed by atoms with E-state index in [1.165, 1.54) is 0 Å². The summed E-state index contributed by atoms with van der Waals surface area (Å²) < 4.78 is 0. The zero-order valence-corrected chi connectivity index (χ0v) is 16.1. The van der Waals surface area contributed by atoms with Gasteiger partial charge in [-0.1, -0.05) is 30.3 Å². The fourth-order valence-corrected chi connectivity index (χ4v) is 2.59. The third-order valence-corrected chi connectivity index (χ3v) is 4.72. The summed E-state index contributed by atoms with van der Waals surface area (Å²) in [5, 5.41) is 5.84. The van der Waals surface area contributed by atoms with Crippen LogP contribution < -0.4 is 10.6 Å². The van der Waals surface area contributed by atoms with Crippen molar-refractivity contribution in [1.82, 2.24) is 4.90 Å². The minimum atomic E-state index is -0.432. The van der Waals surface area contributed by atoms with Gasteiger partial charge in [-0.25, -0.2) is 0 Å². The number of anilines is 2. The van der Waals surface area contributed by atoms with E-state index < -0.39 is 6.04 Å². The summed E-state index contributed by atoms with van der Waals surface area (Å²) in [4.78, 5) is 26.5. The highest BCUT2D eigenvalue weighted by molar-refractivity contribution is 5.96. The van der Waals surface area contributed by atoms with Gasteiger partial charge in [0.1, 0.15) is 0 Å². The lowest BCUT2D eigenvalue weighted by Crippen LogP contribution is -2.43. The van der Waals surface area contributed by atoms with Crippen molar-refractivity contribution < 1.29 is 9.59 Å². The molecule has 0 aliphatic heterocycles. The smallest absolute Gasteiger partial charge is 0.241 e. The van der Waals surface area contributed by atoms with Gasteiger partial charge >= 0.3 is 0 Å². The molecule has 0 saturated heterocycles. The monoisotopic (exact) mass is 353 g/mol. The van der Waals surface area contributed by atoms with Crippen molar-refractivity contribution in [3.05, 3.63) is 59.2 Å². The number of benzene rings is 2. The van der Waals surface area contributed by atoms with Gasteiger partial charge < -0.3 is 10.6 Å². The molecule has 0 fully saturated rings. The molecule has 0 radical (unpaired) electrons. The first-order chi connectivity index (χ1) is 12.3. The maximum atomic E-state index is 12.5. The lowest BCUT2D eigenvalue weighted by Gasteiger charge is -2.24. The Morgan fingerprint density at radius 2 is 1.54 bits per heavy atom. The predicted molar refractivity (Wildman–Crippen MR) is 106 cm³/mol. The first-order valence-electron chi connectivity index (χ1n) is 8.72. The zero-order valence-electron chi connectivity index (χ0n) is 16.1. The van der Waals surface area contributed by atoms with E-state index in [-0.39, 0.29) is 18.4 Å². The predicted octanol–water partition coefficient (Wildman–Crippen LogP) is 3.51. The van der Waals surface area contributed by atoms with Crippen LogP contribution in [0.2, 0.25) is 0 Å². The highest BCUT2D eigenvalue weighted by atomic mass is 16.2. The van der Waals surface area contributed by atoms with Crippen molar-refractivity contribution >= 4 is 23.2 Å². The number of likely N-dealkylation sites (N-methyl/N-ethyl adjacent to an activating group) is 1. The van der Waals surface area contributed by atoms with E-state index in [1.54, 1.807) is 18.9 Å². The highest BCUT2D eigenvalue weighted by Crippen LogP contribution is 2.18. The van der Waals surface area contributed by atoms with Crippen molar-refractivity contribution in [3.63, 3.8) is 0 Å². The average molecular weight is 353 g/mol. The van der Waals surface area contributed by atoms with E-state index in [0.717, 1.165) is 28.1 Å². The number of rotatable bonds is 6. The highest BCUT2D eigenvalue weighted by Gasteiger charge is 2.21. The van der Waals surface area contributed by atoms with Crippen LogP contribution in [0.1, 0.15) is 23.6 Å². The lowest BCUT2D eigenvalue weighted by molar-refractivity contribution is -0.122. The Labute approximate surface area is 155 Å². The van der Waals surface area contributed by atoms with Crippen LogP contribution in [0.15, 0.2) is 42.5 Å². The molecular weight excluding hydrogens is 326 g/mol. The Balaban J connectivity index is 1.94. The van der Waals surface area contributed by atoms with E-state index in [4.69, 9.17) is 0 Å². The van der Waals surface area contributed by atoms with Crippen LogP contribution in [0.4, 0.5) is 11.4 Å². The maximum Gasteiger partial charge on any atom is 0.241 e. The number of hydrogen-bond acceptors (Lipinski definition) is 3. The molecule has 2 aromatic rings. The molecule has 0 saturated carbocycles. The molecule has 2 amide bonds. The molecular formula is C21H27N3O2. The van der Waals surface area contributed by atoms with Gasteiger partial charge in [-0.3, -0.25) is 14.5 Å². The minimum absolute atomic E-state index is 0.135. The van der Waals surface area contributed by atoms with Crippen molar-refractivity contribution in [2.24, 2.45) is 0 Å². The maximum absolute atomic E-state index is 12.5. The Bertz CT molecular complexity index is 802. The molecule has 0 bridgehead atoms. The number of aryl methyl sites for hydroxylation is 2. The molecule has 0 heterocycles. The second-order valence-corrected chi connectivity index (χ2v) is 6.69. The lowest BCUT2D eigenvalue weighted by atomic mass is 10.1. The number of carbonyl (C=O) groups is 2. The fourth-order valence-electron chi connectivity index (χ4n) is 2.59. The molecule has 1 atom stereocenters. The van der Waals surface area contributed by atoms with Crippen LogP contribution in [-0.2, 0) is 9.59 Å². The summed E-state index contributed by atoms with van der Waals surface area (Å²) in [5.74, 6) is -0.280. The van der Waals surface area contributed by atoms with Crippen LogP contribution in [0.3, 0.4) is 0 Å². The molecule has 0 aromatic heterocycles. The second-order valence-electron chi connectivity index (χ2n) is 6.69. The van der Waals surface area contributed by atoms with E-state index in [1.807, 2.05) is 63.2 Å². The molecule has 2 aromatic carbocycles. The molecule has 5 nitrogen and oxygen atoms in total. The molecule has 0 aliphatic carbocycles. The third-order valence-electron chi connectivity index (χ3n) is 4.72. The molecule has 26 heavy (non-hydrogen) atoms. The largest absolute Gasteiger partial charge is 0.325 e. The van der Waals surface area contributed by atoms with Gasteiger partial charge in [0.05, 0.1) is 12.6 Å². The van der Waals surface area contributed by atoms with Crippen molar-refractivity contribution in [2.75, 3.05) is 24.2 Å². The average Bonchev–Trinajstić information content (AvgIpc) is 2.60. The number of carbonyl (C=O) groups excluding carboxylic acids is 2. The Kier molecular flexibility index (Phi) is 6.52. The van der Waals surface area contributed by atoms with E-state index in [0.29, 0.717) is 0 Å².